The number of rotatable bonds is 4. The summed E-state index contributed by atoms with van der Waals surface area (Å²) in [5.74, 6) is -2.01. The molecule has 0 aliphatic carbocycles. The van der Waals surface area contributed by atoms with Crippen molar-refractivity contribution in [1.29, 1.82) is 0 Å². The highest BCUT2D eigenvalue weighted by Gasteiger charge is 2.40. The van der Waals surface area contributed by atoms with Crippen LogP contribution >= 0.6 is 0 Å². The lowest BCUT2D eigenvalue weighted by atomic mass is 10.1. The highest BCUT2D eigenvalue weighted by molar-refractivity contribution is 5.99. The summed E-state index contributed by atoms with van der Waals surface area (Å²) in [5.41, 5.74) is 0.657. The maximum atomic E-state index is 12.2. The van der Waals surface area contributed by atoms with E-state index in [4.69, 9.17) is 4.84 Å². The zero-order valence-corrected chi connectivity index (χ0v) is 12.6. The fourth-order valence-electron chi connectivity index (χ4n) is 2.23. The topological polar surface area (TPSA) is 95.9 Å². The van der Waals surface area contributed by atoms with Crippen molar-refractivity contribution in [2.24, 2.45) is 5.92 Å². The second-order valence-corrected chi connectivity index (χ2v) is 5.42. The third-order valence-corrected chi connectivity index (χ3v) is 3.36. The van der Waals surface area contributed by atoms with Crippen molar-refractivity contribution in [2.45, 2.75) is 33.0 Å². The van der Waals surface area contributed by atoms with Gasteiger partial charge in [0, 0.05) is 12.5 Å². The second-order valence-electron chi connectivity index (χ2n) is 5.42. The molecule has 2 amide bonds. The number of aliphatic hydroxyl groups is 1. The summed E-state index contributed by atoms with van der Waals surface area (Å²) in [4.78, 5) is 40.5. The van der Waals surface area contributed by atoms with Gasteiger partial charge in [-0.2, -0.15) is 0 Å². The van der Waals surface area contributed by atoms with E-state index in [2.05, 4.69) is 5.32 Å². The highest BCUT2D eigenvalue weighted by Crippen LogP contribution is 2.31. The molecule has 2 unspecified atom stereocenters. The van der Waals surface area contributed by atoms with Crippen LogP contribution in [-0.4, -0.2) is 34.0 Å². The first kappa shape index (κ1) is 16.0. The Morgan fingerprint density at radius 3 is 2.50 bits per heavy atom. The Morgan fingerprint density at radius 2 is 1.95 bits per heavy atom. The first-order chi connectivity index (χ1) is 10.3. The van der Waals surface area contributed by atoms with Crippen LogP contribution in [0.5, 0.6) is 0 Å². The quantitative estimate of drug-likeness (QED) is 0.856. The van der Waals surface area contributed by atoms with E-state index in [0.717, 1.165) is 0 Å². The molecule has 0 bridgehead atoms. The number of hydrogen-bond acceptors (Lipinski definition) is 5. The van der Waals surface area contributed by atoms with Crippen LogP contribution in [0.15, 0.2) is 24.3 Å². The van der Waals surface area contributed by atoms with Crippen LogP contribution in [0.2, 0.25) is 0 Å². The molecule has 1 aliphatic rings. The van der Waals surface area contributed by atoms with E-state index in [1.54, 1.807) is 38.1 Å². The van der Waals surface area contributed by atoms with Crippen molar-refractivity contribution in [2.75, 3.05) is 0 Å². The minimum atomic E-state index is -1.35. The van der Waals surface area contributed by atoms with Crippen LogP contribution < -0.4 is 5.32 Å². The summed E-state index contributed by atoms with van der Waals surface area (Å²) in [7, 11) is 0. The Morgan fingerprint density at radius 1 is 1.32 bits per heavy atom. The Bertz CT molecular complexity index is 614. The summed E-state index contributed by atoms with van der Waals surface area (Å²) in [6.07, 6.45) is -1.35. The van der Waals surface area contributed by atoms with Gasteiger partial charge in [-0.05, 0) is 12.0 Å². The van der Waals surface area contributed by atoms with E-state index in [0.29, 0.717) is 10.6 Å². The third kappa shape index (κ3) is 2.94. The van der Waals surface area contributed by atoms with Crippen molar-refractivity contribution >= 4 is 17.8 Å². The molecule has 22 heavy (non-hydrogen) atoms. The van der Waals surface area contributed by atoms with Gasteiger partial charge in [-0.3, -0.25) is 9.59 Å². The van der Waals surface area contributed by atoms with Crippen molar-refractivity contribution in [3.63, 3.8) is 0 Å². The van der Waals surface area contributed by atoms with Gasteiger partial charge in [0.2, 0.25) is 5.91 Å². The molecule has 1 aromatic rings. The van der Waals surface area contributed by atoms with Crippen LogP contribution in [0, 0.1) is 5.92 Å². The van der Waals surface area contributed by atoms with Gasteiger partial charge < -0.3 is 15.3 Å². The van der Waals surface area contributed by atoms with Gasteiger partial charge in [0.1, 0.15) is 6.04 Å². The summed E-state index contributed by atoms with van der Waals surface area (Å²) in [6, 6.07) is 5.56. The summed E-state index contributed by atoms with van der Waals surface area (Å²) in [6.45, 7) is 4.76. The predicted octanol–water partition coefficient (Wildman–Crippen LogP) is 0.752. The maximum absolute atomic E-state index is 12.2. The number of benzene rings is 1. The summed E-state index contributed by atoms with van der Waals surface area (Å²) < 4.78 is 0. The number of hydroxylamine groups is 2. The Balaban J connectivity index is 2.16. The maximum Gasteiger partial charge on any atom is 0.354 e. The molecule has 2 atom stereocenters. The molecule has 1 heterocycles. The molecule has 0 saturated carbocycles. The molecule has 0 fully saturated rings. The predicted molar refractivity (Wildman–Crippen MR) is 76.1 cm³/mol. The van der Waals surface area contributed by atoms with Crippen LogP contribution in [-0.2, 0) is 14.4 Å². The molecule has 0 saturated heterocycles. The fraction of sp³-hybridized carbons (Fsp3) is 0.400. The third-order valence-electron chi connectivity index (χ3n) is 3.36. The molecule has 1 aromatic carbocycles. The standard InChI is InChI=1S/C15H18N2O5/c1-8(2)12(16-9(3)18)15(21)22-17-13(19)10-6-4-5-7-11(10)14(17)20/h4-8,12-13,19H,1-3H3,(H,16,18). The van der Waals surface area contributed by atoms with Gasteiger partial charge in [-0.15, -0.1) is 5.06 Å². The first-order valence-corrected chi connectivity index (χ1v) is 6.92. The minimum Gasteiger partial charge on any atom is -0.367 e. The number of carbonyl (C=O) groups is 3. The molecule has 118 valence electrons. The zero-order chi connectivity index (χ0) is 16.4. The molecule has 0 aromatic heterocycles. The molecular weight excluding hydrogens is 288 g/mol. The van der Waals surface area contributed by atoms with E-state index >= 15 is 0 Å². The van der Waals surface area contributed by atoms with Crippen molar-refractivity contribution in [3.8, 4) is 0 Å². The van der Waals surface area contributed by atoms with Gasteiger partial charge >= 0.3 is 5.97 Å². The zero-order valence-electron chi connectivity index (χ0n) is 12.6. The summed E-state index contributed by atoms with van der Waals surface area (Å²) >= 11 is 0. The average molecular weight is 306 g/mol. The minimum absolute atomic E-state index is 0.228. The van der Waals surface area contributed by atoms with Crippen LogP contribution in [0.25, 0.3) is 0 Å². The normalized spacial score (nSPS) is 18.1. The Hall–Kier alpha value is -2.41. The van der Waals surface area contributed by atoms with Crippen LogP contribution in [0.1, 0.15) is 42.9 Å². The van der Waals surface area contributed by atoms with E-state index in [9.17, 15) is 19.5 Å². The smallest absolute Gasteiger partial charge is 0.354 e. The van der Waals surface area contributed by atoms with Crippen LogP contribution in [0.3, 0.4) is 0 Å². The van der Waals surface area contributed by atoms with Gasteiger partial charge in [0.25, 0.3) is 5.91 Å². The van der Waals surface area contributed by atoms with Crippen molar-refractivity contribution in [1.82, 2.24) is 10.4 Å². The van der Waals surface area contributed by atoms with Crippen molar-refractivity contribution < 1.29 is 24.3 Å². The van der Waals surface area contributed by atoms with E-state index in [-0.39, 0.29) is 17.4 Å². The molecule has 7 heteroatoms. The first-order valence-electron chi connectivity index (χ1n) is 6.92. The van der Waals surface area contributed by atoms with E-state index in [1.165, 1.54) is 6.92 Å². The molecule has 0 spiro atoms. The number of carbonyl (C=O) groups excluding carboxylic acids is 3. The fourth-order valence-corrected chi connectivity index (χ4v) is 2.23. The number of aliphatic hydroxyl groups excluding tert-OH is 1. The number of hydrogen-bond donors (Lipinski definition) is 2. The van der Waals surface area contributed by atoms with Crippen molar-refractivity contribution in [3.05, 3.63) is 35.4 Å². The lowest BCUT2D eigenvalue weighted by molar-refractivity contribution is -0.211. The van der Waals surface area contributed by atoms with Crippen LogP contribution in [0.4, 0.5) is 0 Å². The number of nitrogens with one attached hydrogen (secondary N) is 1. The highest BCUT2D eigenvalue weighted by atomic mass is 16.7. The Labute approximate surface area is 127 Å². The molecule has 0 radical (unpaired) electrons. The molecule has 2 N–H and O–H groups in total. The number of fused-ring (bicyclic) bond motifs is 1. The molecule has 2 rings (SSSR count). The largest absolute Gasteiger partial charge is 0.367 e. The monoisotopic (exact) mass is 306 g/mol. The van der Waals surface area contributed by atoms with Gasteiger partial charge in [0.15, 0.2) is 6.23 Å². The Kier molecular flexibility index (Phi) is 4.46. The van der Waals surface area contributed by atoms with Gasteiger partial charge in [0.05, 0.1) is 5.56 Å². The SMILES string of the molecule is CC(=O)NC(C(=O)ON1C(=O)c2ccccc2C1O)C(C)C. The lowest BCUT2D eigenvalue weighted by Gasteiger charge is -2.24. The number of nitrogens with zero attached hydrogens (tertiary/aromatic N) is 1. The van der Waals surface area contributed by atoms with E-state index < -0.39 is 24.1 Å². The van der Waals surface area contributed by atoms with Gasteiger partial charge in [-0.1, -0.05) is 32.0 Å². The lowest BCUT2D eigenvalue weighted by Crippen LogP contribution is -2.47. The van der Waals surface area contributed by atoms with E-state index in [1.807, 2.05) is 0 Å². The molecule has 1 aliphatic heterocycles. The number of amides is 2. The molecule has 7 nitrogen and oxygen atoms in total. The second kappa shape index (κ2) is 6.15. The van der Waals surface area contributed by atoms with Gasteiger partial charge in [-0.25, -0.2) is 4.79 Å². The molecular formula is C15H18N2O5. The summed E-state index contributed by atoms with van der Waals surface area (Å²) in [5, 5.41) is 13.2. The average Bonchev–Trinajstić information content (AvgIpc) is 2.70.